The molecule has 3 amide bonds. The highest BCUT2D eigenvalue weighted by molar-refractivity contribution is 9.10. The maximum absolute atomic E-state index is 13.6. The van der Waals surface area contributed by atoms with Crippen LogP contribution in [0.1, 0.15) is 18.0 Å². The summed E-state index contributed by atoms with van der Waals surface area (Å²) in [4.78, 5) is 40.2. The topological polar surface area (TPSA) is 83.7 Å². The van der Waals surface area contributed by atoms with Gasteiger partial charge in [-0.2, -0.15) is 0 Å². The summed E-state index contributed by atoms with van der Waals surface area (Å²) in [5.74, 6) is -2.50. The van der Waals surface area contributed by atoms with Gasteiger partial charge in [-0.25, -0.2) is 4.39 Å². The molecule has 0 aromatic heterocycles. The molecular weight excluding hydrogens is 429 g/mol. The first-order valence-corrected chi connectivity index (χ1v) is 9.45. The van der Waals surface area contributed by atoms with E-state index in [0.29, 0.717) is 5.69 Å². The SMILES string of the molecule is CN(C(=O)C1CC(=O)N(c2ccccc2Br)C1)C(C(N)=O)c1cccc(F)c1. The second-order valence-electron chi connectivity index (χ2n) is 6.67. The smallest absolute Gasteiger partial charge is 0.244 e. The molecule has 2 unspecified atom stereocenters. The van der Waals surface area contributed by atoms with Crippen LogP contribution in [0, 0.1) is 11.7 Å². The third-order valence-electron chi connectivity index (χ3n) is 4.79. The number of primary amides is 1. The summed E-state index contributed by atoms with van der Waals surface area (Å²) in [6.07, 6.45) is 0.0269. The Morgan fingerprint density at radius 2 is 1.96 bits per heavy atom. The maximum Gasteiger partial charge on any atom is 0.244 e. The highest BCUT2D eigenvalue weighted by atomic mass is 79.9. The van der Waals surface area contributed by atoms with Gasteiger partial charge in [-0.1, -0.05) is 24.3 Å². The Labute approximate surface area is 170 Å². The van der Waals surface area contributed by atoms with Gasteiger partial charge >= 0.3 is 0 Å². The maximum atomic E-state index is 13.6. The minimum absolute atomic E-state index is 0.0269. The fourth-order valence-electron chi connectivity index (χ4n) is 3.45. The van der Waals surface area contributed by atoms with E-state index >= 15 is 0 Å². The number of hydrogen-bond donors (Lipinski definition) is 1. The molecule has 2 aromatic carbocycles. The molecule has 6 nitrogen and oxygen atoms in total. The van der Waals surface area contributed by atoms with Crippen molar-refractivity contribution in [3.8, 4) is 0 Å². The highest BCUT2D eigenvalue weighted by Gasteiger charge is 2.39. The van der Waals surface area contributed by atoms with Gasteiger partial charge in [0.25, 0.3) is 0 Å². The van der Waals surface area contributed by atoms with Crippen LogP contribution in [0.25, 0.3) is 0 Å². The summed E-state index contributed by atoms with van der Waals surface area (Å²) in [6.45, 7) is 0.194. The normalized spacial score (nSPS) is 17.5. The molecule has 0 aliphatic carbocycles. The average molecular weight is 448 g/mol. The molecule has 1 heterocycles. The van der Waals surface area contributed by atoms with E-state index in [2.05, 4.69) is 15.9 Å². The summed E-state index contributed by atoms with van der Waals surface area (Å²) in [5.41, 5.74) is 6.45. The lowest BCUT2D eigenvalue weighted by Crippen LogP contribution is -2.42. The van der Waals surface area contributed by atoms with Gasteiger partial charge in [0.05, 0.1) is 11.6 Å². The fraction of sp³-hybridized carbons (Fsp3) is 0.250. The quantitative estimate of drug-likeness (QED) is 0.764. The summed E-state index contributed by atoms with van der Waals surface area (Å²) in [6, 6.07) is 11.5. The summed E-state index contributed by atoms with van der Waals surface area (Å²) in [7, 11) is 1.44. The lowest BCUT2D eigenvalue weighted by molar-refractivity contribution is -0.141. The van der Waals surface area contributed by atoms with Crippen molar-refractivity contribution in [2.75, 3.05) is 18.5 Å². The molecule has 8 heteroatoms. The number of benzene rings is 2. The van der Waals surface area contributed by atoms with E-state index in [0.717, 1.165) is 4.47 Å². The zero-order chi connectivity index (χ0) is 20.4. The Bertz CT molecular complexity index is 936. The number of amides is 3. The number of anilines is 1. The number of halogens is 2. The summed E-state index contributed by atoms with van der Waals surface area (Å²) in [5, 5.41) is 0. The van der Waals surface area contributed by atoms with Crippen LogP contribution in [0.15, 0.2) is 53.0 Å². The van der Waals surface area contributed by atoms with Gasteiger partial charge < -0.3 is 15.5 Å². The lowest BCUT2D eigenvalue weighted by atomic mass is 10.0. The van der Waals surface area contributed by atoms with Crippen LogP contribution in [0.2, 0.25) is 0 Å². The van der Waals surface area contributed by atoms with E-state index in [1.54, 1.807) is 11.0 Å². The Kier molecular flexibility index (Phi) is 5.79. The van der Waals surface area contributed by atoms with Crippen molar-refractivity contribution in [2.45, 2.75) is 12.5 Å². The molecule has 1 fully saturated rings. The second-order valence-corrected chi connectivity index (χ2v) is 7.52. The predicted molar refractivity (Wildman–Crippen MR) is 106 cm³/mol. The lowest BCUT2D eigenvalue weighted by Gasteiger charge is -2.28. The van der Waals surface area contributed by atoms with Crippen LogP contribution >= 0.6 is 15.9 Å². The van der Waals surface area contributed by atoms with Crippen molar-refractivity contribution < 1.29 is 18.8 Å². The summed E-state index contributed by atoms with van der Waals surface area (Å²) < 4.78 is 14.3. The Morgan fingerprint density at radius 1 is 1.25 bits per heavy atom. The van der Waals surface area contributed by atoms with Crippen molar-refractivity contribution in [3.05, 3.63) is 64.4 Å². The van der Waals surface area contributed by atoms with E-state index in [1.807, 2.05) is 18.2 Å². The van der Waals surface area contributed by atoms with Crippen molar-refractivity contribution in [3.63, 3.8) is 0 Å². The predicted octanol–water partition coefficient (Wildman–Crippen LogP) is 2.63. The van der Waals surface area contributed by atoms with E-state index < -0.39 is 29.6 Å². The van der Waals surface area contributed by atoms with Gasteiger partial charge in [0.2, 0.25) is 17.7 Å². The molecule has 1 aliphatic heterocycles. The highest BCUT2D eigenvalue weighted by Crippen LogP contribution is 2.33. The first-order chi connectivity index (χ1) is 13.3. The van der Waals surface area contributed by atoms with Crippen LogP contribution in [0.3, 0.4) is 0 Å². The molecule has 0 bridgehead atoms. The monoisotopic (exact) mass is 447 g/mol. The van der Waals surface area contributed by atoms with Crippen LogP contribution in [-0.4, -0.2) is 36.2 Å². The second kappa shape index (κ2) is 8.10. The van der Waals surface area contributed by atoms with Crippen LogP contribution < -0.4 is 10.6 Å². The Hall–Kier alpha value is -2.74. The molecular formula is C20H19BrFN3O3. The van der Waals surface area contributed by atoms with E-state index in [-0.39, 0.29) is 24.4 Å². The van der Waals surface area contributed by atoms with Gasteiger partial charge in [-0.15, -0.1) is 0 Å². The van der Waals surface area contributed by atoms with Gasteiger partial charge in [-0.05, 0) is 45.8 Å². The number of likely N-dealkylation sites (N-methyl/N-ethyl adjacent to an activating group) is 1. The Balaban J connectivity index is 1.82. The number of carbonyl (C=O) groups is 3. The van der Waals surface area contributed by atoms with E-state index in [9.17, 15) is 18.8 Å². The molecule has 0 spiro atoms. The zero-order valence-electron chi connectivity index (χ0n) is 15.1. The standard InChI is InChI=1S/C20H19BrFN3O3/c1-24(18(19(23)27)12-5-4-6-14(22)9-12)20(28)13-10-17(26)25(11-13)16-8-3-2-7-15(16)21/h2-9,13,18H,10-11H2,1H3,(H2,23,27). The first kappa shape index (κ1) is 20.0. The van der Waals surface area contributed by atoms with E-state index in [1.165, 1.54) is 36.2 Å². The van der Waals surface area contributed by atoms with Crippen molar-refractivity contribution >= 4 is 39.3 Å². The van der Waals surface area contributed by atoms with Gasteiger partial charge in [-0.3, -0.25) is 14.4 Å². The molecule has 2 atom stereocenters. The molecule has 3 rings (SSSR count). The molecule has 0 saturated carbocycles. The van der Waals surface area contributed by atoms with Crippen molar-refractivity contribution in [1.82, 2.24) is 4.90 Å². The van der Waals surface area contributed by atoms with Gasteiger partial charge in [0, 0.05) is 24.5 Å². The molecule has 28 heavy (non-hydrogen) atoms. The number of nitrogens with zero attached hydrogens (tertiary/aromatic N) is 2. The molecule has 0 radical (unpaired) electrons. The van der Waals surface area contributed by atoms with Crippen LogP contribution in [0.5, 0.6) is 0 Å². The molecule has 146 valence electrons. The summed E-state index contributed by atoms with van der Waals surface area (Å²) >= 11 is 3.41. The average Bonchev–Trinajstić information content (AvgIpc) is 3.03. The minimum atomic E-state index is -1.11. The number of hydrogen-bond acceptors (Lipinski definition) is 3. The van der Waals surface area contributed by atoms with Crippen molar-refractivity contribution in [2.24, 2.45) is 11.7 Å². The number of para-hydroxylation sites is 1. The zero-order valence-corrected chi connectivity index (χ0v) is 16.7. The minimum Gasteiger partial charge on any atom is -0.368 e. The third kappa shape index (κ3) is 3.91. The number of nitrogens with two attached hydrogens (primary N) is 1. The van der Waals surface area contributed by atoms with Crippen molar-refractivity contribution in [1.29, 1.82) is 0 Å². The van der Waals surface area contributed by atoms with E-state index in [4.69, 9.17) is 5.73 Å². The molecule has 2 aromatic rings. The molecule has 1 saturated heterocycles. The molecule has 1 aliphatic rings. The largest absolute Gasteiger partial charge is 0.368 e. The van der Waals surface area contributed by atoms with Gasteiger partial charge in [0.1, 0.15) is 11.9 Å². The number of carbonyl (C=O) groups excluding carboxylic acids is 3. The fourth-order valence-corrected chi connectivity index (χ4v) is 3.95. The third-order valence-corrected chi connectivity index (χ3v) is 5.46. The van der Waals surface area contributed by atoms with Crippen LogP contribution in [0.4, 0.5) is 10.1 Å². The molecule has 2 N–H and O–H groups in total. The van der Waals surface area contributed by atoms with Gasteiger partial charge in [0.15, 0.2) is 0 Å². The Morgan fingerprint density at radius 3 is 2.61 bits per heavy atom. The van der Waals surface area contributed by atoms with Crippen LogP contribution in [-0.2, 0) is 14.4 Å². The first-order valence-electron chi connectivity index (χ1n) is 8.66. The number of rotatable bonds is 5.